The standard InChI is InChI=1S/C16H30N2O/c1-16(2)12-14(7-11-19-16)18-9-5-13(6-10-18)15-4-3-8-17-15/h13-15,17H,3-12H2,1-2H3. The summed E-state index contributed by atoms with van der Waals surface area (Å²) >= 11 is 0. The zero-order chi connectivity index (χ0) is 13.3. The molecule has 3 nitrogen and oxygen atoms in total. The summed E-state index contributed by atoms with van der Waals surface area (Å²) in [6.07, 6.45) is 8.04. The quantitative estimate of drug-likeness (QED) is 0.830. The van der Waals surface area contributed by atoms with Gasteiger partial charge in [0, 0.05) is 18.7 Å². The highest BCUT2D eigenvalue weighted by molar-refractivity contribution is 4.90. The molecular weight excluding hydrogens is 236 g/mol. The van der Waals surface area contributed by atoms with E-state index >= 15 is 0 Å². The summed E-state index contributed by atoms with van der Waals surface area (Å²) in [6.45, 7) is 9.30. The first-order valence-corrected chi connectivity index (χ1v) is 8.25. The van der Waals surface area contributed by atoms with E-state index in [1.807, 2.05) is 0 Å². The predicted molar refractivity (Wildman–Crippen MR) is 78.4 cm³/mol. The van der Waals surface area contributed by atoms with Crippen molar-refractivity contribution in [2.75, 3.05) is 26.2 Å². The Morgan fingerprint density at radius 3 is 2.53 bits per heavy atom. The van der Waals surface area contributed by atoms with Crippen LogP contribution in [-0.2, 0) is 4.74 Å². The molecule has 2 unspecified atom stereocenters. The van der Waals surface area contributed by atoms with Gasteiger partial charge in [-0.1, -0.05) is 0 Å². The van der Waals surface area contributed by atoms with Gasteiger partial charge in [0.05, 0.1) is 5.60 Å². The molecular formula is C16H30N2O. The van der Waals surface area contributed by atoms with Gasteiger partial charge in [-0.15, -0.1) is 0 Å². The summed E-state index contributed by atoms with van der Waals surface area (Å²) in [4.78, 5) is 2.75. The highest BCUT2D eigenvalue weighted by Crippen LogP contribution is 2.32. The largest absolute Gasteiger partial charge is 0.375 e. The second-order valence-corrected chi connectivity index (χ2v) is 7.33. The fourth-order valence-electron chi connectivity index (χ4n) is 4.31. The zero-order valence-corrected chi connectivity index (χ0v) is 12.7. The van der Waals surface area contributed by atoms with Crippen LogP contribution < -0.4 is 5.32 Å². The minimum absolute atomic E-state index is 0.0901. The van der Waals surface area contributed by atoms with Gasteiger partial charge in [0.1, 0.15) is 0 Å². The lowest BCUT2D eigenvalue weighted by atomic mass is 9.86. The molecule has 3 saturated heterocycles. The Bertz CT molecular complexity index is 291. The monoisotopic (exact) mass is 266 g/mol. The molecule has 0 spiro atoms. The van der Waals surface area contributed by atoms with Crippen LogP contribution in [0.1, 0.15) is 52.4 Å². The summed E-state index contributed by atoms with van der Waals surface area (Å²) in [5.74, 6) is 0.937. The number of hydrogen-bond donors (Lipinski definition) is 1. The smallest absolute Gasteiger partial charge is 0.0641 e. The van der Waals surface area contributed by atoms with Crippen molar-refractivity contribution in [3.05, 3.63) is 0 Å². The highest BCUT2D eigenvalue weighted by atomic mass is 16.5. The Labute approximate surface area is 118 Å². The summed E-state index contributed by atoms with van der Waals surface area (Å²) in [5, 5.41) is 3.70. The minimum Gasteiger partial charge on any atom is -0.375 e. The number of nitrogens with zero attached hydrogens (tertiary/aromatic N) is 1. The summed E-state index contributed by atoms with van der Waals surface area (Å²) in [7, 11) is 0. The van der Waals surface area contributed by atoms with Crippen molar-refractivity contribution in [2.24, 2.45) is 5.92 Å². The molecule has 1 N–H and O–H groups in total. The topological polar surface area (TPSA) is 24.5 Å². The average molecular weight is 266 g/mol. The van der Waals surface area contributed by atoms with Gasteiger partial charge in [-0.3, -0.25) is 0 Å². The maximum atomic E-state index is 5.85. The number of piperidine rings is 1. The van der Waals surface area contributed by atoms with Gasteiger partial charge in [0.15, 0.2) is 0 Å². The number of nitrogens with one attached hydrogen (secondary N) is 1. The number of likely N-dealkylation sites (tertiary alicyclic amines) is 1. The summed E-state index contributed by atoms with van der Waals surface area (Å²) in [6, 6.07) is 1.59. The Morgan fingerprint density at radius 2 is 1.89 bits per heavy atom. The first-order chi connectivity index (χ1) is 9.14. The fraction of sp³-hybridized carbons (Fsp3) is 1.00. The molecule has 0 amide bonds. The second kappa shape index (κ2) is 5.71. The minimum atomic E-state index is 0.0901. The number of ether oxygens (including phenoxy) is 1. The normalized spacial score (nSPS) is 37.6. The van der Waals surface area contributed by atoms with Crippen molar-refractivity contribution < 1.29 is 4.74 Å². The number of rotatable bonds is 2. The van der Waals surface area contributed by atoms with Gasteiger partial charge < -0.3 is 15.0 Å². The Kier molecular flexibility index (Phi) is 4.16. The molecule has 3 rings (SSSR count). The maximum Gasteiger partial charge on any atom is 0.0641 e. The third kappa shape index (κ3) is 3.32. The number of hydrogen-bond acceptors (Lipinski definition) is 3. The molecule has 0 aliphatic carbocycles. The molecule has 0 aromatic rings. The molecule has 3 fully saturated rings. The summed E-state index contributed by atoms with van der Waals surface area (Å²) in [5.41, 5.74) is 0.0901. The molecule has 19 heavy (non-hydrogen) atoms. The Morgan fingerprint density at radius 1 is 1.11 bits per heavy atom. The van der Waals surface area contributed by atoms with E-state index in [-0.39, 0.29) is 5.60 Å². The van der Waals surface area contributed by atoms with Gasteiger partial charge >= 0.3 is 0 Å². The first-order valence-electron chi connectivity index (χ1n) is 8.25. The molecule has 110 valence electrons. The van der Waals surface area contributed by atoms with Crippen molar-refractivity contribution in [2.45, 2.75) is 70.1 Å². The molecule has 3 heterocycles. The molecule has 0 radical (unpaired) electrons. The van der Waals surface area contributed by atoms with Crippen molar-refractivity contribution in [1.29, 1.82) is 0 Å². The maximum absolute atomic E-state index is 5.85. The van der Waals surface area contributed by atoms with Gasteiger partial charge in [0.25, 0.3) is 0 Å². The molecule has 3 aliphatic rings. The van der Waals surface area contributed by atoms with Crippen LogP contribution in [0.5, 0.6) is 0 Å². The third-order valence-electron chi connectivity index (χ3n) is 5.43. The van der Waals surface area contributed by atoms with Crippen molar-refractivity contribution >= 4 is 0 Å². The van der Waals surface area contributed by atoms with Crippen LogP contribution in [0.15, 0.2) is 0 Å². The van der Waals surface area contributed by atoms with E-state index in [4.69, 9.17) is 4.74 Å². The molecule has 3 aliphatic heterocycles. The summed E-state index contributed by atoms with van der Waals surface area (Å²) < 4.78 is 5.85. The van der Waals surface area contributed by atoms with Crippen LogP contribution in [-0.4, -0.2) is 48.8 Å². The fourth-order valence-corrected chi connectivity index (χ4v) is 4.31. The zero-order valence-electron chi connectivity index (χ0n) is 12.7. The van der Waals surface area contributed by atoms with E-state index in [0.29, 0.717) is 0 Å². The van der Waals surface area contributed by atoms with Gasteiger partial charge in [-0.2, -0.15) is 0 Å². The van der Waals surface area contributed by atoms with Crippen LogP contribution >= 0.6 is 0 Å². The molecule has 0 aromatic carbocycles. The highest BCUT2D eigenvalue weighted by Gasteiger charge is 2.35. The molecule has 0 saturated carbocycles. The molecule has 0 aromatic heterocycles. The molecule has 2 atom stereocenters. The van der Waals surface area contributed by atoms with Gasteiger partial charge in [-0.05, 0) is 77.9 Å². The lowest BCUT2D eigenvalue weighted by Crippen LogP contribution is -2.50. The predicted octanol–water partition coefficient (Wildman–Crippen LogP) is 2.41. The van der Waals surface area contributed by atoms with Crippen LogP contribution in [0.4, 0.5) is 0 Å². The van der Waals surface area contributed by atoms with E-state index in [1.54, 1.807) is 0 Å². The average Bonchev–Trinajstić information content (AvgIpc) is 2.92. The van der Waals surface area contributed by atoms with Crippen molar-refractivity contribution in [1.82, 2.24) is 10.2 Å². The molecule has 0 bridgehead atoms. The van der Waals surface area contributed by atoms with E-state index in [2.05, 4.69) is 24.1 Å². The lowest BCUT2D eigenvalue weighted by Gasteiger charge is -2.44. The Balaban J connectivity index is 1.49. The van der Waals surface area contributed by atoms with E-state index in [1.165, 1.54) is 58.2 Å². The second-order valence-electron chi connectivity index (χ2n) is 7.33. The van der Waals surface area contributed by atoms with Crippen molar-refractivity contribution in [3.63, 3.8) is 0 Å². The van der Waals surface area contributed by atoms with Crippen molar-refractivity contribution in [3.8, 4) is 0 Å². The van der Waals surface area contributed by atoms with Gasteiger partial charge in [0.2, 0.25) is 0 Å². The van der Waals surface area contributed by atoms with Crippen LogP contribution in [0.3, 0.4) is 0 Å². The lowest BCUT2D eigenvalue weighted by molar-refractivity contribution is -0.0872. The third-order valence-corrected chi connectivity index (χ3v) is 5.43. The Hall–Kier alpha value is -0.120. The van der Waals surface area contributed by atoms with Crippen LogP contribution in [0, 0.1) is 5.92 Å². The van der Waals surface area contributed by atoms with E-state index < -0.39 is 0 Å². The van der Waals surface area contributed by atoms with Crippen LogP contribution in [0.25, 0.3) is 0 Å². The van der Waals surface area contributed by atoms with Crippen LogP contribution in [0.2, 0.25) is 0 Å². The van der Waals surface area contributed by atoms with E-state index in [9.17, 15) is 0 Å². The SMILES string of the molecule is CC1(C)CC(N2CCC(C3CCCN3)CC2)CCO1. The van der Waals surface area contributed by atoms with Gasteiger partial charge in [-0.25, -0.2) is 0 Å². The first kappa shape index (κ1) is 13.8. The van der Waals surface area contributed by atoms with E-state index in [0.717, 1.165) is 24.6 Å². The molecule has 3 heteroatoms.